The van der Waals surface area contributed by atoms with Gasteiger partial charge in [0.25, 0.3) is 0 Å². The third kappa shape index (κ3) is 4.14. The van der Waals surface area contributed by atoms with E-state index in [9.17, 15) is 26.4 Å². The number of alkyl halides is 3. The summed E-state index contributed by atoms with van der Waals surface area (Å²) in [6.45, 7) is 2.80. The van der Waals surface area contributed by atoms with Crippen molar-refractivity contribution < 1.29 is 31.1 Å². The molecule has 1 aromatic rings. The fourth-order valence-electron chi connectivity index (χ4n) is 1.46. The number of hydrogen-bond acceptors (Lipinski definition) is 5. The van der Waals surface area contributed by atoms with E-state index in [1.807, 2.05) is 0 Å². The third-order valence-electron chi connectivity index (χ3n) is 2.27. The summed E-state index contributed by atoms with van der Waals surface area (Å²) in [7, 11) is -4.03. The number of sulfonamides is 1. The average Bonchev–Trinajstić information content (AvgIpc) is 2.37. The van der Waals surface area contributed by atoms with Gasteiger partial charge in [0.2, 0.25) is 10.0 Å². The lowest BCUT2D eigenvalue weighted by Gasteiger charge is -2.12. The van der Waals surface area contributed by atoms with Gasteiger partial charge in [0.15, 0.2) is 5.69 Å². The molecule has 0 aliphatic heterocycles. The van der Waals surface area contributed by atoms with Crippen molar-refractivity contribution in [3.8, 4) is 0 Å². The highest BCUT2D eigenvalue weighted by Crippen LogP contribution is 2.31. The van der Waals surface area contributed by atoms with Gasteiger partial charge in [-0.15, -0.1) is 0 Å². The van der Waals surface area contributed by atoms with Crippen LogP contribution in [-0.2, 0) is 20.9 Å². The first-order valence-corrected chi connectivity index (χ1v) is 7.35. The number of hydrogen-bond donors (Lipinski definition) is 1. The van der Waals surface area contributed by atoms with Crippen LogP contribution in [0.5, 0.6) is 0 Å². The molecule has 118 valence electrons. The molecule has 1 aromatic heterocycles. The number of esters is 1. The lowest BCUT2D eigenvalue weighted by molar-refractivity contribution is -0.141. The van der Waals surface area contributed by atoms with Gasteiger partial charge in [0.05, 0.1) is 12.2 Å². The molecule has 0 saturated heterocycles. The smallest absolute Gasteiger partial charge is 0.434 e. The number of carbonyl (C=O) groups is 1. The maximum atomic E-state index is 12.8. The van der Waals surface area contributed by atoms with Crippen LogP contribution < -0.4 is 4.72 Å². The van der Waals surface area contributed by atoms with Crippen LogP contribution in [0.15, 0.2) is 17.2 Å². The Morgan fingerprint density at radius 1 is 1.38 bits per heavy atom. The van der Waals surface area contributed by atoms with E-state index in [0.717, 1.165) is 0 Å². The van der Waals surface area contributed by atoms with E-state index in [2.05, 4.69) is 14.4 Å². The van der Waals surface area contributed by atoms with E-state index in [-0.39, 0.29) is 13.2 Å². The van der Waals surface area contributed by atoms with Gasteiger partial charge in [0.1, 0.15) is 4.90 Å². The zero-order valence-electron chi connectivity index (χ0n) is 11.2. The number of nitrogens with one attached hydrogen (secondary N) is 1. The second-order valence-corrected chi connectivity index (χ2v) is 5.55. The number of halogens is 3. The second kappa shape index (κ2) is 6.39. The molecule has 0 fully saturated rings. The molecule has 1 heterocycles. The Labute approximate surface area is 119 Å². The van der Waals surface area contributed by atoms with Crippen molar-refractivity contribution in [2.45, 2.75) is 24.9 Å². The molecule has 0 spiro atoms. The van der Waals surface area contributed by atoms with E-state index in [0.29, 0.717) is 12.3 Å². The minimum atomic E-state index is -4.90. The van der Waals surface area contributed by atoms with Crippen LogP contribution >= 0.6 is 0 Å². The monoisotopic (exact) mass is 326 g/mol. The van der Waals surface area contributed by atoms with E-state index in [4.69, 9.17) is 0 Å². The van der Waals surface area contributed by atoms with Crippen LogP contribution in [0.1, 0.15) is 29.9 Å². The Kier molecular flexibility index (Phi) is 5.29. The minimum absolute atomic E-state index is 0.0398. The van der Waals surface area contributed by atoms with Gasteiger partial charge in [0, 0.05) is 12.7 Å². The van der Waals surface area contributed by atoms with E-state index in [1.165, 1.54) is 13.8 Å². The number of aromatic nitrogens is 1. The molecule has 0 aromatic carbocycles. The van der Waals surface area contributed by atoms with Crippen LogP contribution in [0.4, 0.5) is 13.2 Å². The lowest BCUT2D eigenvalue weighted by Crippen LogP contribution is -2.25. The molecular weight excluding hydrogens is 313 g/mol. The summed E-state index contributed by atoms with van der Waals surface area (Å²) in [6.07, 6.45) is -4.36. The van der Waals surface area contributed by atoms with Gasteiger partial charge < -0.3 is 4.74 Å². The minimum Gasteiger partial charge on any atom is -0.462 e. The summed E-state index contributed by atoms with van der Waals surface area (Å²) in [5, 5.41) is 0. The van der Waals surface area contributed by atoms with Crippen molar-refractivity contribution in [1.29, 1.82) is 0 Å². The summed E-state index contributed by atoms with van der Waals surface area (Å²) in [5.74, 6) is -1.29. The molecule has 21 heavy (non-hydrogen) atoms. The maximum Gasteiger partial charge on any atom is 0.434 e. The first-order valence-electron chi connectivity index (χ1n) is 5.87. The van der Waals surface area contributed by atoms with Gasteiger partial charge in [-0.3, -0.25) is 0 Å². The van der Waals surface area contributed by atoms with Crippen molar-refractivity contribution in [3.63, 3.8) is 0 Å². The molecular formula is C11H13F3N2O4S. The Balaban J connectivity index is 3.44. The molecule has 0 radical (unpaired) electrons. The molecule has 0 bridgehead atoms. The van der Waals surface area contributed by atoms with Gasteiger partial charge in [-0.2, -0.15) is 13.2 Å². The van der Waals surface area contributed by atoms with E-state index >= 15 is 0 Å². The normalized spacial score (nSPS) is 12.2. The summed E-state index contributed by atoms with van der Waals surface area (Å²) in [5.41, 5.74) is -2.43. The van der Waals surface area contributed by atoms with Gasteiger partial charge >= 0.3 is 12.1 Å². The highest BCUT2D eigenvalue weighted by molar-refractivity contribution is 7.89. The lowest BCUT2D eigenvalue weighted by atomic mass is 10.2. The SMILES string of the molecule is CCNS(=O)(=O)c1cnc(C(F)(F)F)c(C(=O)OCC)c1. The summed E-state index contributed by atoms with van der Waals surface area (Å²) >= 11 is 0. The fourth-order valence-corrected chi connectivity index (χ4v) is 2.47. The van der Waals surface area contributed by atoms with Gasteiger partial charge in [-0.1, -0.05) is 6.92 Å². The number of nitrogens with zero attached hydrogens (tertiary/aromatic N) is 1. The number of pyridine rings is 1. The van der Waals surface area contributed by atoms with Crippen LogP contribution in [-0.4, -0.2) is 32.5 Å². The number of ether oxygens (including phenoxy) is 1. The first kappa shape index (κ1) is 17.4. The Hall–Kier alpha value is -1.68. The standard InChI is InChI=1S/C11H13F3N2O4S/c1-3-16-21(18,19)7-5-8(10(17)20-4-2)9(15-6-7)11(12,13)14/h5-6,16H,3-4H2,1-2H3. The van der Waals surface area contributed by atoms with Crippen LogP contribution in [0, 0.1) is 0 Å². The molecule has 0 amide bonds. The first-order chi connectivity index (χ1) is 9.63. The fraction of sp³-hybridized carbons (Fsp3) is 0.455. The van der Waals surface area contributed by atoms with Crippen molar-refractivity contribution >= 4 is 16.0 Å². The van der Waals surface area contributed by atoms with E-state index in [1.54, 1.807) is 0 Å². The van der Waals surface area contributed by atoms with Crippen molar-refractivity contribution in [2.75, 3.05) is 13.2 Å². The Bertz CT molecular complexity index is 629. The van der Waals surface area contributed by atoms with Gasteiger partial charge in [-0.05, 0) is 13.0 Å². The zero-order valence-corrected chi connectivity index (χ0v) is 12.0. The number of carbonyl (C=O) groups excluding carboxylic acids is 1. The molecule has 0 aliphatic carbocycles. The number of rotatable bonds is 5. The van der Waals surface area contributed by atoms with Crippen molar-refractivity contribution in [1.82, 2.24) is 9.71 Å². The van der Waals surface area contributed by atoms with Crippen LogP contribution in [0.2, 0.25) is 0 Å². The maximum absolute atomic E-state index is 12.8. The molecule has 0 atom stereocenters. The highest BCUT2D eigenvalue weighted by atomic mass is 32.2. The topological polar surface area (TPSA) is 85.4 Å². The molecule has 6 nitrogen and oxygen atoms in total. The molecule has 1 rings (SSSR count). The summed E-state index contributed by atoms with van der Waals surface area (Å²) < 4.78 is 68.4. The average molecular weight is 326 g/mol. The van der Waals surface area contributed by atoms with Gasteiger partial charge in [-0.25, -0.2) is 22.9 Å². The van der Waals surface area contributed by atoms with Crippen molar-refractivity contribution in [3.05, 3.63) is 23.5 Å². The van der Waals surface area contributed by atoms with E-state index < -0.39 is 38.3 Å². The zero-order chi connectivity index (χ0) is 16.3. The predicted molar refractivity (Wildman–Crippen MR) is 66.1 cm³/mol. The summed E-state index contributed by atoms with van der Waals surface area (Å²) in [4.78, 5) is 14.1. The largest absolute Gasteiger partial charge is 0.462 e. The molecule has 0 unspecified atom stereocenters. The summed E-state index contributed by atoms with van der Waals surface area (Å²) in [6, 6.07) is 0.603. The van der Waals surface area contributed by atoms with Crippen molar-refractivity contribution in [2.24, 2.45) is 0 Å². The Morgan fingerprint density at radius 2 is 2.00 bits per heavy atom. The quantitative estimate of drug-likeness (QED) is 0.830. The third-order valence-corrected chi connectivity index (χ3v) is 3.78. The highest BCUT2D eigenvalue weighted by Gasteiger charge is 2.38. The molecule has 0 saturated carbocycles. The second-order valence-electron chi connectivity index (χ2n) is 3.79. The molecule has 0 aliphatic rings. The Morgan fingerprint density at radius 3 is 2.48 bits per heavy atom. The predicted octanol–water partition coefficient (Wildman–Crippen LogP) is 1.58. The molecule has 10 heteroatoms. The van der Waals surface area contributed by atoms with Crippen LogP contribution in [0.3, 0.4) is 0 Å². The van der Waals surface area contributed by atoms with Crippen LogP contribution in [0.25, 0.3) is 0 Å². The molecule has 1 N–H and O–H groups in total.